The van der Waals surface area contributed by atoms with Gasteiger partial charge < -0.3 is 42.4 Å². The minimum absolute atomic E-state index is 0.00546. The predicted molar refractivity (Wildman–Crippen MR) is 196 cm³/mol. The summed E-state index contributed by atoms with van der Waals surface area (Å²) >= 11 is 4.51. The van der Waals surface area contributed by atoms with Gasteiger partial charge in [0.05, 0.1) is 6.42 Å². The van der Waals surface area contributed by atoms with Crippen molar-refractivity contribution in [2.45, 2.75) is 62.8 Å². The second kappa shape index (κ2) is 20.1. The van der Waals surface area contributed by atoms with Crippen molar-refractivity contribution in [2.75, 3.05) is 17.3 Å². The maximum absolute atomic E-state index is 13.7. The van der Waals surface area contributed by atoms with Crippen LogP contribution in [0.2, 0.25) is 0 Å². The zero-order chi connectivity index (χ0) is 37.5. The molecule has 5 atom stereocenters. The van der Waals surface area contributed by atoms with Crippen LogP contribution in [-0.4, -0.2) is 99.1 Å². The molecule has 2 aromatic carbocycles. The second-order valence-corrected chi connectivity index (χ2v) is 13.3. The fourth-order valence-electron chi connectivity index (χ4n) is 5.20. The standard InChI is InChI=1S/C34H42BrN7O8S/c1-19(43)38-26(15-21-18-37-23-11-7-6-10-22(21)23)33(49)39-24(12-13-51-2)31(47)41-27(16-29(44)45)34(50)40-25(14-20-8-4-3-5-9-20)32(48)42-28(17-35)30(36)46/h3-11,18,24-28,37H,12-17H2,1-2H3,(H2,36,46)(H,38,43)(H,39,49)(H,40,50)(H,41,47)(H,42,48)(H,44,45)/t24-,25-,26+,27-,28-/m0/s1. The molecule has 0 aliphatic rings. The Balaban J connectivity index is 1.82. The number of H-pyrrole nitrogens is 1. The molecule has 0 saturated heterocycles. The SMILES string of the molecule is CSCC[C@H](NC(=O)[C@@H](Cc1c[nH]c2ccccc12)NC(C)=O)C(=O)N[C@@H](CC(=O)O)C(=O)N[C@@H](Cc1ccccc1)C(=O)N[C@@H](CBr)C(N)=O. The molecule has 0 bridgehead atoms. The lowest BCUT2D eigenvalue weighted by Gasteiger charge is -2.26. The summed E-state index contributed by atoms with van der Waals surface area (Å²) in [5.41, 5.74) is 7.61. The third-order valence-corrected chi connectivity index (χ3v) is 9.07. The Morgan fingerprint density at radius 3 is 1.92 bits per heavy atom. The van der Waals surface area contributed by atoms with Gasteiger partial charge in [-0.1, -0.05) is 64.5 Å². The molecule has 0 aliphatic carbocycles. The molecule has 15 nitrogen and oxygen atoms in total. The second-order valence-electron chi connectivity index (χ2n) is 11.7. The Morgan fingerprint density at radius 1 is 0.765 bits per heavy atom. The molecule has 51 heavy (non-hydrogen) atoms. The van der Waals surface area contributed by atoms with Gasteiger partial charge in [0, 0.05) is 42.2 Å². The van der Waals surface area contributed by atoms with Crippen LogP contribution in [0.5, 0.6) is 0 Å². The van der Waals surface area contributed by atoms with Crippen molar-refractivity contribution in [1.82, 2.24) is 31.6 Å². The molecule has 1 aromatic heterocycles. The maximum atomic E-state index is 13.7. The third kappa shape index (κ3) is 12.7. The molecule has 0 saturated carbocycles. The van der Waals surface area contributed by atoms with E-state index in [0.29, 0.717) is 11.3 Å². The van der Waals surface area contributed by atoms with Gasteiger partial charge in [0.2, 0.25) is 35.4 Å². The smallest absolute Gasteiger partial charge is 0.305 e. The number of carbonyl (C=O) groups excluding carboxylic acids is 6. The number of aromatic nitrogens is 1. The number of carboxylic acids is 1. The lowest BCUT2D eigenvalue weighted by atomic mass is 10.0. The highest BCUT2D eigenvalue weighted by Crippen LogP contribution is 2.19. The van der Waals surface area contributed by atoms with E-state index in [2.05, 4.69) is 47.5 Å². The van der Waals surface area contributed by atoms with Crippen molar-refractivity contribution in [2.24, 2.45) is 5.73 Å². The number of carbonyl (C=O) groups is 7. The van der Waals surface area contributed by atoms with E-state index in [1.807, 2.05) is 24.3 Å². The van der Waals surface area contributed by atoms with Crippen LogP contribution in [0.15, 0.2) is 60.8 Å². The Kier molecular flexibility index (Phi) is 16.0. The molecule has 3 rings (SSSR count). The predicted octanol–water partition coefficient (Wildman–Crippen LogP) is 0.505. The van der Waals surface area contributed by atoms with Crippen LogP contribution in [-0.2, 0) is 46.4 Å². The minimum Gasteiger partial charge on any atom is -0.481 e. The number of para-hydroxylation sites is 1. The number of amides is 6. The number of hydrogen-bond donors (Lipinski definition) is 8. The lowest BCUT2D eigenvalue weighted by Crippen LogP contribution is -2.60. The van der Waals surface area contributed by atoms with E-state index in [1.165, 1.54) is 18.7 Å². The van der Waals surface area contributed by atoms with Crippen LogP contribution in [0.1, 0.15) is 30.9 Å². The number of aliphatic carboxylic acids is 1. The molecule has 9 N–H and O–H groups in total. The largest absolute Gasteiger partial charge is 0.481 e. The van der Waals surface area contributed by atoms with Gasteiger partial charge in [-0.05, 0) is 35.6 Å². The van der Waals surface area contributed by atoms with Crippen LogP contribution in [0.25, 0.3) is 10.9 Å². The molecule has 0 spiro atoms. The molecule has 3 aromatic rings. The van der Waals surface area contributed by atoms with Crippen LogP contribution in [0.3, 0.4) is 0 Å². The summed E-state index contributed by atoms with van der Waals surface area (Å²) in [6.45, 7) is 1.27. The van der Waals surface area contributed by atoms with E-state index in [9.17, 15) is 38.7 Å². The molecule has 0 aliphatic heterocycles. The number of alkyl halides is 1. The van der Waals surface area contributed by atoms with Crippen molar-refractivity contribution < 1.29 is 38.7 Å². The number of nitrogens with one attached hydrogen (secondary N) is 6. The fourth-order valence-corrected chi connectivity index (χ4v) is 6.15. The van der Waals surface area contributed by atoms with Crippen molar-refractivity contribution in [3.05, 3.63) is 71.9 Å². The van der Waals surface area contributed by atoms with Crippen LogP contribution < -0.4 is 32.3 Å². The number of aromatic amines is 1. The normalized spacial score (nSPS) is 13.9. The van der Waals surface area contributed by atoms with Crippen LogP contribution in [0, 0.1) is 0 Å². The van der Waals surface area contributed by atoms with Gasteiger partial charge >= 0.3 is 5.97 Å². The number of fused-ring (bicyclic) bond motifs is 1. The van der Waals surface area contributed by atoms with Gasteiger partial charge in [-0.15, -0.1) is 0 Å². The maximum Gasteiger partial charge on any atom is 0.305 e. The highest BCUT2D eigenvalue weighted by Gasteiger charge is 2.33. The van der Waals surface area contributed by atoms with E-state index >= 15 is 0 Å². The fraction of sp³-hybridized carbons (Fsp3) is 0.382. The van der Waals surface area contributed by atoms with Gasteiger partial charge in [0.25, 0.3) is 0 Å². The molecular weight excluding hydrogens is 746 g/mol. The third-order valence-electron chi connectivity index (χ3n) is 7.78. The number of primary amides is 1. The Hall–Kier alpha value is -4.90. The van der Waals surface area contributed by atoms with E-state index < -0.39 is 78.0 Å². The zero-order valence-corrected chi connectivity index (χ0v) is 30.5. The first-order valence-corrected chi connectivity index (χ1v) is 18.5. The summed E-state index contributed by atoms with van der Waals surface area (Å²) in [6, 6.07) is 9.76. The topological polar surface area (TPSA) is 242 Å². The van der Waals surface area contributed by atoms with Crippen molar-refractivity contribution in [3.63, 3.8) is 0 Å². The average Bonchev–Trinajstić information content (AvgIpc) is 3.50. The molecule has 0 unspecified atom stereocenters. The van der Waals surface area contributed by atoms with Crippen LogP contribution in [0.4, 0.5) is 0 Å². The molecule has 0 radical (unpaired) electrons. The first-order chi connectivity index (χ1) is 24.3. The van der Waals surface area contributed by atoms with Gasteiger partial charge in [0.15, 0.2) is 0 Å². The number of hydrogen-bond acceptors (Lipinski definition) is 8. The van der Waals surface area contributed by atoms with Gasteiger partial charge in [-0.3, -0.25) is 33.6 Å². The highest BCUT2D eigenvalue weighted by atomic mass is 79.9. The summed E-state index contributed by atoms with van der Waals surface area (Å²) in [4.78, 5) is 92.9. The number of benzene rings is 2. The van der Waals surface area contributed by atoms with Crippen molar-refractivity contribution in [3.8, 4) is 0 Å². The van der Waals surface area contributed by atoms with E-state index in [4.69, 9.17) is 5.73 Å². The van der Waals surface area contributed by atoms with Gasteiger partial charge in [0.1, 0.15) is 30.2 Å². The summed E-state index contributed by atoms with van der Waals surface area (Å²) in [6.07, 6.45) is 2.87. The first kappa shape index (κ1) is 40.5. The minimum atomic E-state index is -1.66. The number of halogens is 1. The Labute approximate surface area is 307 Å². The van der Waals surface area contributed by atoms with Gasteiger partial charge in [-0.25, -0.2) is 0 Å². The molecule has 6 amide bonds. The lowest BCUT2D eigenvalue weighted by molar-refractivity contribution is -0.141. The summed E-state index contributed by atoms with van der Waals surface area (Å²) in [5.74, 6) is -5.54. The number of thioether (sulfide) groups is 1. The quantitative estimate of drug-likeness (QED) is 0.0743. The molecular formula is C34H42BrN7O8S. The molecule has 1 heterocycles. The summed E-state index contributed by atoms with van der Waals surface area (Å²) in [7, 11) is 0. The Bertz CT molecular complexity index is 1710. The number of rotatable bonds is 20. The van der Waals surface area contributed by atoms with E-state index in [0.717, 1.165) is 16.5 Å². The first-order valence-electron chi connectivity index (χ1n) is 16.0. The molecule has 274 valence electrons. The molecule has 0 fully saturated rings. The van der Waals surface area contributed by atoms with Crippen molar-refractivity contribution in [1.29, 1.82) is 0 Å². The van der Waals surface area contributed by atoms with E-state index in [-0.39, 0.29) is 24.6 Å². The molecule has 17 heteroatoms. The summed E-state index contributed by atoms with van der Waals surface area (Å²) in [5, 5.41) is 23.2. The van der Waals surface area contributed by atoms with E-state index in [1.54, 1.807) is 42.8 Å². The van der Waals surface area contributed by atoms with Crippen LogP contribution >= 0.6 is 27.7 Å². The summed E-state index contributed by atoms with van der Waals surface area (Å²) < 4.78 is 0. The zero-order valence-electron chi connectivity index (χ0n) is 28.1. The number of carboxylic acid groups (broad SMARTS) is 1. The monoisotopic (exact) mass is 787 g/mol. The van der Waals surface area contributed by atoms with Gasteiger partial charge in [-0.2, -0.15) is 11.8 Å². The highest BCUT2D eigenvalue weighted by molar-refractivity contribution is 9.09. The average molecular weight is 789 g/mol. The Morgan fingerprint density at radius 2 is 1.31 bits per heavy atom. The number of nitrogens with two attached hydrogens (primary N) is 1. The van der Waals surface area contributed by atoms with Crippen molar-refractivity contribution >= 4 is 80.0 Å².